The molecule has 1 N–H and O–H groups in total. The van der Waals surface area contributed by atoms with Crippen LogP contribution in [0.25, 0.3) is 66.9 Å². The third-order valence-electron chi connectivity index (χ3n) is 8.18. The average molecular weight is 585 g/mol. The van der Waals surface area contributed by atoms with Gasteiger partial charge in [-0.15, -0.1) is 0 Å². The van der Waals surface area contributed by atoms with E-state index in [1.807, 2.05) is 84.6 Å². The van der Waals surface area contributed by atoms with Gasteiger partial charge >= 0.3 is 0 Å². The van der Waals surface area contributed by atoms with E-state index < -0.39 is 0 Å². The zero-order chi connectivity index (χ0) is 29.0. The molecule has 6 aromatic carbocycles. The molecule has 1 atom stereocenters. The molecule has 208 valence electrons. The Morgan fingerprint density at radius 2 is 1.20 bits per heavy atom. The van der Waals surface area contributed by atoms with E-state index in [4.69, 9.17) is 19.4 Å². The second-order valence-corrected chi connectivity index (χ2v) is 12.0. The largest absolute Gasteiger partial charge is 0.456 e. The van der Waals surface area contributed by atoms with Gasteiger partial charge in [0, 0.05) is 43.3 Å². The Labute approximate surface area is 257 Å². The third kappa shape index (κ3) is 4.14. The van der Waals surface area contributed by atoms with Crippen LogP contribution in [-0.4, -0.2) is 15.0 Å². The summed E-state index contributed by atoms with van der Waals surface area (Å²) in [4.78, 5) is 15.9. The summed E-state index contributed by atoms with van der Waals surface area (Å²) in [6.45, 7) is 0. The third-order valence-corrected chi connectivity index (χ3v) is 9.38. The van der Waals surface area contributed by atoms with E-state index in [-0.39, 0.29) is 5.37 Å². The number of nitrogens with zero attached hydrogens (tertiary/aromatic N) is 3. The number of aromatic nitrogens is 3. The van der Waals surface area contributed by atoms with E-state index in [1.54, 1.807) is 0 Å². The normalized spacial score (nSPS) is 14.2. The van der Waals surface area contributed by atoms with Crippen LogP contribution in [0.2, 0.25) is 0 Å². The van der Waals surface area contributed by atoms with Crippen molar-refractivity contribution >= 4 is 50.2 Å². The Balaban J connectivity index is 1.11. The number of benzene rings is 6. The zero-order valence-corrected chi connectivity index (χ0v) is 24.3. The maximum absolute atomic E-state index is 6.36. The van der Waals surface area contributed by atoms with Crippen molar-refractivity contribution in [3.05, 3.63) is 139 Å². The van der Waals surface area contributed by atoms with Gasteiger partial charge in [0.25, 0.3) is 0 Å². The quantitative estimate of drug-likeness (QED) is 0.222. The lowest BCUT2D eigenvalue weighted by Gasteiger charge is -2.12. The first-order chi connectivity index (χ1) is 21.8. The van der Waals surface area contributed by atoms with Crippen LogP contribution in [0.1, 0.15) is 10.9 Å². The minimum absolute atomic E-state index is 0.0462. The Kier molecular flexibility index (Phi) is 5.74. The number of thioether (sulfide) groups is 1. The molecule has 0 saturated heterocycles. The standard InChI is InChI=1S/C38H24N4OS/c1-3-10-23(11-4-1)35-40-36(24-12-5-2-6-13-24)42-37(41-35)26-18-20-27-25(22-26)19-21-32-33(27)39-38(44-32)30-16-9-15-29-28-14-7-8-17-31(28)43-34(29)30/h1-22,38-39H. The summed E-state index contributed by atoms with van der Waals surface area (Å²) in [5.74, 6) is 1.96. The number of hydrogen-bond donors (Lipinski definition) is 1. The second-order valence-electron chi connectivity index (χ2n) is 10.9. The van der Waals surface area contributed by atoms with E-state index in [0.29, 0.717) is 17.5 Å². The molecule has 2 aromatic heterocycles. The monoisotopic (exact) mass is 584 g/mol. The van der Waals surface area contributed by atoms with Crippen LogP contribution in [-0.2, 0) is 0 Å². The van der Waals surface area contributed by atoms with Gasteiger partial charge in [-0.25, -0.2) is 15.0 Å². The summed E-state index contributed by atoms with van der Waals surface area (Å²) in [5.41, 5.74) is 7.01. The molecule has 1 unspecified atom stereocenters. The summed E-state index contributed by atoms with van der Waals surface area (Å²) in [7, 11) is 0. The highest BCUT2D eigenvalue weighted by Crippen LogP contribution is 2.51. The summed E-state index contributed by atoms with van der Waals surface area (Å²) in [6, 6.07) is 45.7. The van der Waals surface area contributed by atoms with Gasteiger partial charge in [0.1, 0.15) is 16.5 Å². The summed E-state index contributed by atoms with van der Waals surface area (Å²) >= 11 is 1.82. The molecule has 9 rings (SSSR count). The fraction of sp³-hybridized carbons (Fsp3) is 0.0263. The highest BCUT2D eigenvalue weighted by atomic mass is 32.2. The van der Waals surface area contributed by atoms with Crippen molar-refractivity contribution < 1.29 is 4.42 Å². The van der Waals surface area contributed by atoms with Gasteiger partial charge in [-0.05, 0) is 23.6 Å². The van der Waals surface area contributed by atoms with E-state index in [0.717, 1.165) is 55.3 Å². The molecule has 0 radical (unpaired) electrons. The van der Waals surface area contributed by atoms with Crippen molar-refractivity contribution in [1.29, 1.82) is 0 Å². The Hall–Kier alpha value is -5.46. The highest BCUT2D eigenvalue weighted by molar-refractivity contribution is 8.00. The number of rotatable bonds is 4. The topological polar surface area (TPSA) is 63.8 Å². The number of nitrogens with one attached hydrogen (secondary N) is 1. The van der Waals surface area contributed by atoms with Crippen LogP contribution in [0, 0.1) is 0 Å². The molecular formula is C38H24N4OS. The number of anilines is 1. The minimum atomic E-state index is 0.0462. The lowest BCUT2D eigenvalue weighted by atomic mass is 10.0. The van der Waals surface area contributed by atoms with Crippen LogP contribution >= 0.6 is 11.8 Å². The van der Waals surface area contributed by atoms with Crippen LogP contribution in [0.15, 0.2) is 143 Å². The fourth-order valence-electron chi connectivity index (χ4n) is 6.04. The predicted molar refractivity (Wildman–Crippen MR) is 180 cm³/mol. The van der Waals surface area contributed by atoms with Crippen molar-refractivity contribution in [1.82, 2.24) is 15.0 Å². The van der Waals surface area contributed by atoms with Gasteiger partial charge in [0.15, 0.2) is 17.5 Å². The van der Waals surface area contributed by atoms with Gasteiger partial charge in [0.05, 0.1) is 5.69 Å². The summed E-state index contributed by atoms with van der Waals surface area (Å²) in [5, 5.41) is 8.44. The van der Waals surface area contributed by atoms with Gasteiger partial charge in [-0.3, -0.25) is 0 Å². The molecule has 5 nitrogen and oxygen atoms in total. The molecular weight excluding hydrogens is 561 g/mol. The Morgan fingerprint density at radius 3 is 1.95 bits per heavy atom. The van der Waals surface area contributed by atoms with E-state index in [2.05, 4.69) is 66.0 Å². The molecule has 6 heteroatoms. The van der Waals surface area contributed by atoms with Crippen molar-refractivity contribution in [2.24, 2.45) is 0 Å². The molecule has 8 aromatic rings. The molecule has 1 aliphatic heterocycles. The lowest BCUT2D eigenvalue weighted by molar-refractivity contribution is 0.663. The van der Waals surface area contributed by atoms with Crippen LogP contribution in [0.3, 0.4) is 0 Å². The zero-order valence-electron chi connectivity index (χ0n) is 23.4. The molecule has 0 saturated carbocycles. The predicted octanol–water partition coefficient (Wildman–Crippen LogP) is 10.1. The van der Waals surface area contributed by atoms with Crippen molar-refractivity contribution in [3.63, 3.8) is 0 Å². The molecule has 0 bridgehead atoms. The van der Waals surface area contributed by atoms with E-state index >= 15 is 0 Å². The Bertz CT molecular complexity index is 2290. The van der Waals surface area contributed by atoms with E-state index in [9.17, 15) is 0 Å². The van der Waals surface area contributed by atoms with Crippen LogP contribution in [0.4, 0.5) is 5.69 Å². The van der Waals surface area contributed by atoms with Crippen molar-refractivity contribution in [3.8, 4) is 34.2 Å². The number of fused-ring (bicyclic) bond motifs is 6. The van der Waals surface area contributed by atoms with Gasteiger partial charge < -0.3 is 9.73 Å². The summed E-state index contributed by atoms with van der Waals surface area (Å²) < 4.78 is 6.36. The second kappa shape index (κ2) is 10.1. The molecule has 0 fully saturated rings. The maximum atomic E-state index is 6.36. The number of para-hydroxylation sites is 2. The molecule has 44 heavy (non-hydrogen) atoms. The first-order valence-electron chi connectivity index (χ1n) is 14.6. The van der Waals surface area contributed by atoms with Crippen molar-refractivity contribution in [2.45, 2.75) is 10.3 Å². The molecule has 1 aliphatic rings. The Morgan fingerprint density at radius 1 is 0.545 bits per heavy atom. The number of hydrogen-bond acceptors (Lipinski definition) is 6. The van der Waals surface area contributed by atoms with E-state index in [1.165, 1.54) is 10.3 Å². The maximum Gasteiger partial charge on any atom is 0.164 e. The first kappa shape index (κ1) is 25.1. The first-order valence-corrected chi connectivity index (χ1v) is 15.4. The molecule has 0 aliphatic carbocycles. The smallest absolute Gasteiger partial charge is 0.164 e. The SMILES string of the molecule is c1ccc(-c2nc(-c3ccccc3)nc(-c3ccc4c5c(ccc4c3)SC(c3cccc4c3oc3ccccc34)N5)n2)cc1. The molecule has 0 spiro atoms. The minimum Gasteiger partial charge on any atom is -0.456 e. The van der Waals surface area contributed by atoms with Crippen molar-refractivity contribution in [2.75, 3.05) is 5.32 Å². The van der Waals surface area contributed by atoms with Gasteiger partial charge in [-0.1, -0.05) is 127 Å². The lowest BCUT2D eigenvalue weighted by Crippen LogP contribution is -2.02. The molecule has 0 amide bonds. The average Bonchev–Trinajstić information content (AvgIpc) is 3.71. The van der Waals surface area contributed by atoms with Crippen LogP contribution < -0.4 is 5.32 Å². The van der Waals surface area contributed by atoms with Gasteiger partial charge in [-0.2, -0.15) is 0 Å². The summed E-state index contributed by atoms with van der Waals surface area (Å²) in [6.07, 6.45) is 0. The number of furan rings is 1. The molecule has 3 heterocycles. The van der Waals surface area contributed by atoms with Gasteiger partial charge in [0.2, 0.25) is 0 Å². The fourth-order valence-corrected chi connectivity index (χ4v) is 7.21. The van der Waals surface area contributed by atoms with Crippen LogP contribution in [0.5, 0.6) is 0 Å². The highest BCUT2D eigenvalue weighted by Gasteiger charge is 2.27.